The summed E-state index contributed by atoms with van der Waals surface area (Å²) in [6.07, 6.45) is 0. The van der Waals surface area contributed by atoms with Crippen LogP contribution in [0.1, 0.15) is 0 Å². The number of anilines is 2. The molecule has 0 saturated carbocycles. The van der Waals surface area contributed by atoms with E-state index in [-0.39, 0.29) is 5.02 Å². The lowest BCUT2D eigenvalue weighted by Gasteiger charge is -2.32. The van der Waals surface area contributed by atoms with Gasteiger partial charge in [0.25, 0.3) is 0 Å². The summed E-state index contributed by atoms with van der Waals surface area (Å²) in [4.78, 5) is 14.0. The fraction of sp³-hybridized carbons (Fsp3) is 0.261. The van der Waals surface area contributed by atoms with E-state index in [2.05, 4.69) is 16.8 Å². The van der Waals surface area contributed by atoms with Crippen LogP contribution in [0.2, 0.25) is 5.02 Å². The van der Waals surface area contributed by atoms with Gasteiger partial charge in [-0.05, 0) is 49.5 Å². The van der Waals surface area contributed by atoms with Crippen LogP contribution in [0.15, 0.2) is 42.5 Å². The standard InChI is InChI=1S/C23H23ClFN7O/c1-30-9-11-31(12-10-30)23-27-20(14-3-8-18(25)17(24)13-14)19-21(26)32(29-22(19)28-23)15-4-6-16(33-2)7-5-15/h3-8,13H,9-12,26H2,1-2H3. The Morgan fingerprint density at radius 3 is 2.42 bits per heavy atom. The SMILES string of the molecule is COc1ccc(-n2nc3nc(N4CCN(C)CC4)nc(-c4ccc(F)c(Cl)c4)c3c2N)cc1. The molecule has 5 rings (SSSR count). The highest BCUT2D eigenvalue weighted by atomic mass is 35.5. The Kier molecular flexibility index (Phi) is 5.51. The van der Waals surface area contributed by atoms with Crippen LogP contribution in [0.4, 0.5) is 16.2 Å². The van der Waals surface area contributed by atoms with Crippen molar-refractivity contribution < 1.29 is 9.13 Å². The van der Waals surface area contributed by atoms with Crippen molar-refractivity contribution in [3.05, 3.63) is 53.3 Å². The van der Waals surface area contributed by atoms with Crippen LogP contribution in [0.25, 0.3) is 28.0 Å². The van der Waals surface area contributed by atoms with Crippen molar-refractivity contribution in [2.24, 2.45) is 0 Å². The Morgan fingerprint density at radius 2 is 1.76 bits per heavy atom. The Hall–Kier alpha value is -3.43. The zero-order valence-electron chi connectivity index (χ0n) is 18.3. The van der Waals surface area contributed by atoms with E-state index in [0.29, 0.717) is 34.1 Å². The van der Waals surface area contributed by atoms with Gasteiger partial charge in [0.05, 0.1) is 28.9 Å². The van der Waals surface area contributed by atoms with Crippen molar-refractivity contribution in [1.82, 2.24) is 24.6 Å². The molecule has 1 aliphatic heterocycles. The molecule has 0 bridgehead atoms. The lowest BCUT2D eigenvalue weighted by atomic mass is 10.1. The van der Waals surface area contributed by atoms with Gasteiger partial charge in [0, 0.05) is 31.7 Å². The fourth-order valence-electron chi connectivity index (χ4n) is 3.92. The lowest BCUT2D eigenvalue weighted by molar-refractivity contribution is 0.311. The highest BCUT2D eigenvalue weighted by Gasteiger charge is 2.23. The molecule has 0 radical (unpaired) electrons. The van der Waals surface area contributed by atoms with Gasteiger partial charge < -0.3 is 20.3 Å². The molecule has 1 aliphatic rings. The van der Waals surface area contributed by atoms with E-state index < -0.39 is 5.82 Å². The zero-order chi connectivity index (χ0) is 23.1. The van der Waals surface area contributed by atoms with Gasteiger partial charge in [-0.1, -0.05) is 11.6 Å². The maximum Gasteiger partial charge on any atom is 0.228 e. The van der Waals surface area contributed by atoms with Crippen molar-refractivity contribution in [3.63, 3.8) is 0 Å². The summed E-state index contributed by atoms with van der Waals surface area (Å²) in [6.45, 7) is 3.39. The minimum Gasteiger partial charge on any atom is -0.497 e. The summed E-state index contributed by atoms with van der Waals surface area (Å²) in [7, 11) is 3.70. The molecular weight excluding hydrogens is 445 g/mol. The number of nitrogen functional groups attached to an aromatic ring is 1. The Bertz CT molecular complexity index is 1320. The number of benzene rings is 2. The fourth-order valence-corrected chi connectivity index (χ4v) is 4.10. The van der Waals surface area contributed by atoms with Crippen LogP contribution in [0.5, 0.6) is 5.75 Å². The average Bonchev–Trinajstić information content (AvgIpc) is 3.17. The minimum absolute atomic E-state index is 0.0153. The Balaban J connectivity index is 1.70. The number of nitrogens with zero attached hydrogens (tertiary/aromatic N) is 6. The number of methoxy groups -OCH3 is 1. The molecule has 33 heavy (non-hydrogen) atoms. The van der Waals surface area contributed by atoms with Crippen LogP contribution in [-0.4, -0.2) is 65.0 Å². The summed E-state index contributed by atoms with van der Waals surface area (Å²) < 4.78 is 20.7. The van der Waals surface area contributed by atoms with Crippen molar-refractivity contribution in [2.45, 2.75) is 0 Å². The molecule has 8 nitrogen and oxygen atoms in total. The molecule has 2 aromatic carbocycles. The number of nitrogens with two attached hydrogens (primary N) is 1. The highest BCUT2D eigenvalue weighted by Crippen LogP contribution is 2.35. The first-order valence-electron chi connectivity index (χ1n) is 10.5. The Morgan fingerprint density at radius 1 is 1.03 bits per heavy atom. The summed E-state index contributed by atoms with van der Waals surface area (Å²) in [6, 6.07) is 11.9. The second kappa shape index (κ2) is 8.49. The number of halogens is 2. The van der Waals surface area contributed by atoms with Crippen LogP contribution < -0.4 is 15.4 Å². The molecule has 10 heteroatoms. The number of hydrogen-bond donors (Lipinski definition) is 1. The largest absolute Gasteiger partial charge is 0.497 e. The number of hydrogen-bond acceptors (Lipinski definition) is 7. The van der Waals surface area contributed by atoms with Gasteiger partial charge in [-0.15, -0.1) is 5.10 Å². The third kappa shape index (κ3) is 3.94. The van der Waals surface area contributed by atoms with E-state index in [1.54, 1.807) is 23.9 Å². The minimum atomic E-state index is -0.494. The first kappa shape index (κ1) is 21.4. The molecule has 0 aliphatic carbocycles. The van der Waals surface area contributed by atoms with E-state index in [1.807, 2.05) is 24.3 Å². The molecule has 0 amide bonds. The van der Waals surface area contributed by atoms with Crippen molar-refractivity contribution in [1.29, 1.82) is 0 Å². The molecule has 2 aromatic heterocycles. The Labute approximate surface area is 195 Å². The second-order valence-electron chi connectivity index (χ2n) is 7.99. The zero-order valence-corrected chi connectivity index (χ0v) is 19.1. The van der Waals surface area contributed by atoms with Crippen LogP contribution in [0.3, 0.4) is 0 Å². The molecule has 0 spiro atoms. The van der Waals surface area contributed by atoms with Gasteiger partial charge in [0.1, 0.15) is 17.4 Å². The number of aromatic nitrogens is 4. The number of fused-ring (bicyclic) bond motifs is 1. The number of ether oxygens (including phenoxy) is 1. The summed E-state index contributed by atoms with van der Waals surface area (Å²) in [5.41, 5.74) is 8.98. The molecule has 2 N–H and O–H groups in total. The van der Waals surface area contributed by atoms with Gasteiger partial charge in [0.2, 0.25) is 5.95 Å². The summed E-state index contributed by atoms with van der Waals surface area (Å²) in [5, 5.41) is 5.29. The molecule has 3 heterocycles. The topological polar surface area (TPSA) is 85.3 Å². The summed E-state index contributed by atoms with van der Waals surface area (Å²) in [5.74, 6) is 1.18. The predicted molar refractivity (Wildman–Crippen MR) is 128 cm³/mol. The molecule has 170 valence electrons. The predicted octanol–water partition coefficient (Wildman–Crippen LogP) is 3.62. The van der Waals surface area contributed by atoms with Crippen LogP contribution in [0, 0.1) is 5.82 Å². The van der Waals surface area contributed by atoms with Crippen molar-refractivity contribution in [3.8, 4) is 22.7 Å². The molecule has 1 saturated heterocycles. The van der Waals surface area contributed by atoms with E-state index in [4.69, 9.17) is 37.1 Å². The summed E-state index contributed by atoms with van der Waals surface area (Å²) >= 11 is 6.09. The monoisotopic (exact) mass is 467 g/mol. The van der Waals surface area contributed by atoms with Gasteiger partial charge in [-0.2, -0.15) is 4.98 Å². The van der Waals surface area contributed by atoms with Gasteiger partial charge in [-0.3, -0.25) is 0 Å². The molecule has 0 atom stereocenters. The molecule has 1 fully saturated rings. The van der Waals surface area contributed by atoms with Gasteiger partial charge in [-0.25, -0.2) is 14.1 Å². The quantitative estimate of drug-likeness (QED) is 0.490. The lowest BCUT2D eigenvalue weighted by Crippen LogP contribution is -2.45. The van der Waals surface area contributed by atoms with Gasteiger partial charge in [0.15, 0.2) is 5.65 Å². The molecule has 4 aromatic rings. The first-order valence-corrected chi connectivity index (χ1v) is 10.9. The van der Waals surface area contributed by atoms with E-state index in [1.165, 1.54) is 6.07 Å². The normalized spacial score (nSPS) is 14.7. The molecule has 0 unspecified atom stereocenters. The van der Waals surface area contributed by atoms with Crippen molar-refractivity contribution in [2.75, 3.05) is 51.0 Å². The average molecular weight is 468 g/mol. The third-order valence-corrected chi connectivity index (χ3v) is 6.14. The van der Waals surface area contributed by atoms with E-state index in [0.717, 1.165) is 37.6 Å². The van der Waals surface area contributed by atoms with Crippen molar-refractivity contribution >= 4 is 34.4 Å². The second-order valence-corrected chi connectivity index (χ2v) is 8.39. The smallest absolute Gasteiger partial charge is 0.228 e. The first-order chi connectivity index (χ1) is 15.9. The van der Waals surface area contributed by atoms with Gasteiger partial charge >= 0.3 is 0 Å². The van der Waals surface area contributed by atoms with E-state index >= 15 is 0 Å². The maximum absolute atomic E-state index is 13.9. The third-order valence-electron chi connectivity index (χ3n) is 5.85. The van der Waals surface area contributed by atoms with E-state index in [9.17, 15) is 4.39 Å². The number of rotatable bonds is 4. The van der Waals surface area contributed by atoms with Crippen LogP contribution >= 0.6 is 11.6 Å². The molecular formula is C23H23ClFN7O. The highest BCUT2D eigenvalue weighted by molar-refractivity contribution is 6.31. The van der Waals surface area contributed by atoms with Crippen LogP contribution in [-0.2, 0) is 0 Å². The number of piperazine rings is 1. The maximum atomic E-state index is 13.9. The number of likely N-dealkylation sites (N-methyl/N-ethyl adjacent to an activating group) is 1.